The predicted octanol–water partition coefficient (Wildman–Crippen LogP) is 3.23. The molecule has 2 aliphatic carbocycles. The second kappa shape index (κ2) is 14.5. The van der Waals surface area contributed by atoms with Crippen molar-refractivity contribution in [3.63, 3.8) is 0 Å². The molecule has 1 saturated heterocycles. The summed E-state index contributed by atoms with van der Waals surface area (Å²) in [6, 6.07) is 1.50. The summed E-state index contributed by atoms with van der Waals surface area (Å²) in [6.45, 7) is 1.10. The third kappa shape index (κ3) is 8.13. The lowest BCUT2D eigenvalue weighted by Gasteiger charge is -2.29. The van der Waals surface area contributed by atoms with E-state index in [0.29, 0.717) is 44.3 Å². The van der Waals surface area contributed by atoms with Gasteiger partial charge in [-0.1, -0.05) is 30.2 Å². The van der Waals surface area contributed by atoms with Crippen molar-refractivity contribution in [1.29, 1.82) is 0 Å². The maximum Gasteiger partial charge on any atom is 0.438 e. The van der Waals surface area contributed by atoms with Crippen LogP contribution in [0.25, 0.3) is 11.0 Å². The molecule has 5 atom stereocenters. The number of aryl methyl sites for hydroxylation is 1. The molecule has 15 nitrogen and oxygen atoms in total. The standard InChI is InChI=1S/C35H37F4N7O8S/c1-18-13-26(44-54-18)29(47)41-24-8-6-4-2-3-5-7-19-16-34(19,33(50)45-55(51,52)22-10-11-22)43-30(48)27-15-21(17-46(27)32(24)49)53-31-28(35(37,38)39)40-23-12-9-20(36)14-25(23)42-31/h5,7,9,12-14,19,21-22,24,27H,2-4,6,8,10-11,15-17H2,1H3,(H,41,47)(H,43,48)(H,45,50)/b7-5-/t19-,21-,24+,27+,34-/m1/s1. The Labute approximate surface area is 311 Å². The Morgan fingerprint density at radius 1 is 1.07 bits per heavy atom. The molecule has 0 unspecified atom stereocenters. The molecule has 3 N–H and O–H groups in total. The Balaban J connectivity index is 1.22. The van der Waals surface area contributed by atoms with Crippen molar-refractivity contribution in [2.45, 2.75) is 99.9 Å². The molecule has 2 aliphatic heterocycles. The van der Waals surface area contributed by atoms with Crippen LogP contribution in [0.15, 0.2) is 40.9 Å². The fourth-order valence-corrected chi connectivity index (χ4v) is 8.35. The van der Waals surface area contributed by atoms with Gasteiger partial charge in [-0.2, -0.15) is 13.2 Å². The van der Waals surface area contributed by atoms with Crippen LogP contribution >= 0.6 is 0 Å². The number of benzene rings is 1. The van der Waals surface area contributed by atoms with Crippen molar-refractivity contribution in [2.24, 2.45) is 5.92 Å². The van der Waals surface area contributed by atoms with Crippen LogP contribution in [0.5, 0.6) is 5.88 Å². The van der Waals surface area contributed by atoms with E-state index in [9.17, 15) is 45.2 Å². The Morgan fingerprint density at radius 3 is 2.56 bits per heavy atom. The Kier molecular flexibility index (Phi) is 10.1. The average molecular weight is 792 g/mol. The minimum atomic E-state index is -5.06. The molecular weight excluding hydrogens is 754 g/mol. The quantitative estimate of drug-likeness (QED) is 0.234. The van der Waals surface area contributed by atoms with Crippen molar-refractivity contribution < 1.29 is 54.4 Å². The molecule has 0 radical (unpaired) electrons. The van der Waals surface area contributed by atoms with E-state index < -0.39 is 105 Å². The molecule has 2 saturated carbocycles. The molecule has 55 heavy (non-hydrogen) atoms. The van der Waals surface area contributed by atoms with Crippen molar-refractivity contribution in [2.75, 3.05) is 6.54 Å². The van der Waals surface area contributed by atoms with E-state index in [1.165, 1.54) is 6.07 Å². The molecule has 0 spiro atoms. The molecule has 3 fully saturated rings. The van der Waals surface area contributed by atoms with Crippen LogP contribution in [-0.4, -0.2) is 87.6 Å². The van der Waals surface area contributed by atoms with Crippen LogP contribution in [0.3, 0.4) is 0 Å². The van der Waals surface area contributed by atoms with Crippen molar-refractivity contribution in [3.05, 3.63) is 59.4 Å². The van der Waals surface area contributed by atoms with Gasteiger partial charge in [-0.3, -0.25) is 23.9 Å². The molecule has 4 amide bonds. The van der Waals surface area contributed by atoms with Gasteiger partial charge in [0.15, 0.2) is 5.69 Å². The maximum atomic E-state index is 14.4. The molecule has 3 aromatic rings. The molecule has 7 rings (SSSR count). The number of carbonyl (C=O) groups excluding carboxylic acids is 4. The minimum Gasteiger partial charge on any atom is -0.471 e. The number of rotatable bonds is 7. The zero-order valence-corrected chi connectivity index (χ0v) is 30.2. The first-order valence-corrected chi connectivity index (χ1v) is 19.4. The van der Waals surface area contributed by atoms with Gasteiger partial charge in [0, 0.05) is 24.5 Å². The summed E-state index contributed by atoms with van der Waals surface area (Å²) >= 11 is 0. The third-order valence-electron chi connectivity index (χ3n) is 10.1. The third-order valence-corrected chi connectivity index (χ3v) is 12.0. The van der Waals surface area contributed by atoms with Crippen LogP contribution in [0.1, 0.15) is 79.7 Å². The van der Waals surface area contributed by atoms with Crippen LogP contribution in [0.2, 0.25) is 0 Å². The number of ether oxygens (including phenoxy) is 1. The van der Waals surface area contributed by atoms with Crippen LogP contribution in [0.4, 0.5) is 17.6 Å². The number of fused-ring (bicyclic) bond motifs is 3. The molecule has 4 heterocycles. The van der Waals surface area contributed by atoms with Gasteiger partial charge in [-0.25, -0.2) is 22.8 Å². The predicted molar refractivity (Wildman–Crippen MR) is 183 cm³/mol. The van der Waals surface area contributed by atoms with E-state index in [4.69, 9.17) is 9.26 Å². The second-order valence-electron chi connectivity index (χ2n) is 14.4. The number of allylic oxidation sites excluding steroid dienone is 1. The van der Waals surface area contributed by atoms with Crippen LogP contribution < -0.4 is 20.1 Å². The summed E-state index contributed by atoms with van der Waals surface area (Å²) in [6.07, 6.45) is 0.0512. The molecule has 0 bridgehead atoms. The van der Waals surface area contributed by atoms with Gasteiger partial charge < -0.3 is 24.8 Å². The first kappa shape index (κ1) is 38.1. The van der Waals surface area contributed by atoms with Gasteiger partial charge >= 0.3 is 6.18 Å². The van der Waals surface area contributed by atoms with Gasteiger partial charge in [0.1, 0.15) is 35.3 Å². The van der Waals surface area contributed by atoms with Gasteiger partial charge in [0.25, 0.3) is 11.8 Å². The van der Waals surface area contributed by atoms with E-state index in [0.717, 1.165) is 23.1 Å². The normalized spacial score (nSPS) is 26.9. The minimum absolute atomic E-state index is 0.0514. The number of alkyl halides is 3. The molecule has 4 aliphatic rings. The molecule has 294 valence electrons. The monoisotopic (exact) mass is 791 g/mol. The number of amides is 4. The first-order chi connectivity index (χ1) is 26.0. The van der Waals surface area contributed by atoms with Crippen LogP contribution in [0, 0.1) is 18.7 Å². The number of sulfonamides is 1. The summed E-state index contributed by atoms with van der Waals surface area (Å²) in [5, 5.41) is 8.28. The van der Waals surface area contributed by atoms with Crippen LogP contribution in [-0.2, 0) is 30.6 Å². The van der Waals surface area contributed by atoms with E-state index in [1.54, 1.807) is 13.0 Å². The van der Waals surface area contributed by atoms with Crippen molar-refractivity contribution in [3.8, 4) is 5.88 Å². The number of nitrogens with one attached hydrogen (secondary N) is 3. The van der Waals surface area contributed by atoms with Gasteiger partial charge in [-0.05, 0) is 57.6 Å². The lowest BCUT2D eigenvalue weighted by Crippen LogP contribution is -2.58. The fourth-order valence-electron chi connectivity index (χ4n) is 6.99. The number of nitrogens with zero attached hydrogens (tertiary/aromatic N) is 4. The fraction of sp³-hybridized carbons (Fsp3) is 0.514. The maximum absolute atomic E-state index is 14.4. The summed E-state index contributed by atoms with van der Waals surface area (Å²) in [5.41, 5.74) is -3.81. The highest BCUT2D eigenvalue weighted by Gasteiger charge is 2.62. The summed E-state index contributed by atoms with van der Waals surface area (Å²) in [4.78, 5) is 64.1. The van der Waals surface area contributed by atoms with E-state index >= 15 is 0 Å². The lowest BCUT2D eigenvalue weighted by atomic mass is 10.0. The number of aromatic nitrogens is 3. The highest BCUT2D eigenvalue weighted by Crippen LogP contribution is 2.46. The summed E-state index contributed by atoms with van der Waals surface area (Å²) in [5.74, 6) is -5.40. The van der Waals surface area contributed by atoms with E-state index in [-0.39, 0.29) is 29.6 Å². The molecular formula is C35H37F4N7O8S. The lowest BCUT2D eigenvalue weighted by molar-refractivity contribution is -0.143. The summed E-state index contributed by atoms with van der Waals surface area (Å²) < 4.78 is 95.2. The van der Waals surface area contributed by atoms with E-state index in [1.807, 2.05) is 6.08 Å². The Morgan fingerprint density at radius 2 is 1.85 bits per heavy atom. The first-order valence-electron chi connectivity index (χ1n) is 17.8. The number of carbonyl (C=O) groups is 4. The smallest absolute Gasteiger partial charge is 0.438 e. The highest BCUT2D eigenvalue weighted by molar-refractivity contribution is 7.91. The topological polar surface area (TPSA) is 203 Å². The average Bonchev–Trinajstić information content (AvgIpc) is 4.01. The molecule has 1 aromatic carbocycles. The summed E-state index contributed by atoms with van der Waals surface area (Å²) in [7, 11) is -4.01. The zero-order chi connectivity index (χ0) is 39.3. The Bertz CT molecular complexity index is 2180. The largest absolute Gasteiger partial charge is 0.471 e. The SMILES string of the molecule is Cc1cc(C(=O)N[C@H]2CCCCC/C=C\[C@@H]3C[C@@]3(C(=O)NS(=O)(=O)C3CC3)NC(=O)[C@@H]3C[C@@H](Oc4nc5cc(F)ccc5nc4C(F)(F)F)CN3C2=O)no1. The molecule has 20 heteroatoms. The number of halogens is 4. The second-order valence-corrected chi connectivity index (χ2v) is 16.3. The highest BCUT2D eigenvalue weighted by atomic mass is 32.2. The van der Waals surface area contributed by atoms with Gasteiger partial charge in [-0.15, -0.1) is 0 Å². The number of hydrogen-bond acceptors (Lipinski definition) is 11. The molecule has 2 aromatic heterocycles. The Hall–Kier alpha value is -5.14. The van der Waals surface area contributed by atoms with E-state index in [2.05, 4.69) is 30.5 Å². The number of hydrogen-bond donors (Lipinski definition) is 3. The van der Waals surface area contributed by atoms with Crippen molar-refractivity contribution in [1.82, 2.24) is 35.4 Å². The zero-order valence-electron chi connectivity index (χ0n) is 29.4. The van der Waals surface area contributed by atoms with Gasteiger partial charge in [0.05, 0.1) is 22.8 Å². The van der Waals surface area contributed by atoms with Gasteiger partial charge in [0.2, 0.25) is 33.4 Å². The van der Waals surface area contributed by atoms with Crippen molar-refractivity contribution >= 4 is 44.7 Å².